The van der Waals surface area contributed by atoms with Gasteiger partial charge in [-0.15, -0.1) is 0 Å². The van der Waals surface area contributed by atoms with Gasteiger partial charge in [-0.1, -0.05) is 43.0 Å². The Morgan fingerprint density at radius 3 is 2.70 bits per heavy atom. The first kappa shape index (κ1) is 12.9. The van der Waals surface area contributed by atoms with Gasteiger partial charge in [0.25, 0.3) is 0 Å². The van der Waals surface area contributed by atoms with Crippen LogP contribution in [0.4, 0.5) is 5.69 Å². The van der Waals surface area contributed by atoms with Crippen LogP contribution in [0.3, 0.4) is 0 Å². The average Bonchev–Trinajstić information content (AvgIpc) is 2.47. The van der Waals surface area contributed by atoms with Crippen molar-refractivity contribution in [3.05, 3.63) is 71.8 Å². The molecule has 2 nitrogen and oxygen atoms in total. The van der Waals surface area contributed by atoms with Crippen molar-refractivity contribution in [2.75, 3.05) is 5.32 Å². The molecule has 0 saturated carbocycles. The number of hydrogen-bond acceptors (Lipinski definition) is 2. The second-order valence-electron chi connectivity index (χ2n) is 5.46. The van der Waals surface area contributed by atoms with Crippen LogP contribution in [0.1, 0.15) is 23.1 Å². The minimum absolute atomic E-state index is 0.301. The molecule has 0 fully saturated rings. The Morgan fingerprint density at radius 2 is 1.90 bits per heavy atom. The molecule has 1 aliphatic rings. The van der Waals surface area contributed by atoms with E-state index in [1.54, 1.807) is 0 Å². The second-order valence-corrected chi connectivity index (χ2v) is 5.46. The minimum Gasteiger partial charge on any atom is -0.356 e. The van der Waals surface area contributed by atoms with E-state index in [1.165, 1.54) is 11.1 Å². The fraction of sp³-hybridized carbons (Fsp3) is 0.222. The molecule has 2 heteroatoms. The summed E-state index contributed by atoms with van der Waals surface area (Å²) in [7, 11) is 0. The van der Waals surface area contributed by atoms with Crippen LogP contribution in [0, 0.1) is 0 Å². The molecule has 0 saturated heterocycles. The van der Waals surface area contributed by atoms with E-state index in [-0.39, 0.29) is 0 Å². The molecule has 0 radical (unpaired) electrons. The highest BCUT2D eigenvalue weighted by Crippen LogP contribution is 2.25. The summed E-state index contributed by atoms with van der Waals surface area (Å²) in [6.45, 7) is 4.11. The molecule has 2 aromatic rings. The molecule has 0 aromatic heterocycles. The van der Waals surface area contributed by atoms with Gasteiger partial charge in [-0.2, -0.15) is 0 Å². The Labute approximate surface area is 120 Å². The summed E-state index contributed by atoms with van der Waals surface area (Å²) in [6, 6.07) is 17.0. The molecule has 1 aliphatic carbocycles. The third-order valence-electron chi connectivity index (χ3n) is 3.89. The van der Waals surface area contributed by atoms with E-state index in [2.05, 4.69) is 42.2 Å². The molecule has 0 aliphatic heterocycles. The molecule has 1 unspecified atom stereocenters. The number of fused-ring (bicyclic) bond motifs is 1. The van der Waals surface area contributed by atoms with Gasteiger partial charge in [-0.05, 0) is 48.1 Å². The summed E-state index contributed by atoms with van der Waals surface area (Å²) in [4.78, 5) is 0. The number of benzene rings is 2. The van der Waals surface area contributed by atoms with Crippen LogP contribution < -0.4 is 11.1 Å². The Hall–Kier alpha value is -2.06. The van der Waals surface area contributed by atoms with Gasteiger partial charge in [-0.3, -0.25) is 0 Å². The molecule has 0 bridgehead atoms. The highest BCUT2D eigenvalue weighted by atomic mass is 14.9. The summed E-state index contributed by atoms with van der Waals surface area (Å²) in [6.07, 6.45) is 3.16. The minimum atomic E-state index is 0.301. The van der Waals surface area contributed by atoms with Crippen molar-refractivity contribution in [1.29, 1.82) is 0 Å². The first-order chi connectivity index (χ1) is 9.72. The maximum absolute atomic E-state index is 6.05. The standard InChI is InChI=1S/C18H20N2/c1-13(14-5-3-2-4-6-14)20-18-10-8-15-7-9-17(19)11-16(15)12-18/h2-6,8,10,12,17,20H,1,7,9,11,19H2. The van der Waals surface area contributed by atoms with Gasteiger partial charge in [0.1, 0.15) is 0 Å². The van der Waals surface area contributed by atoms with E-state index in [9.17, 15) is 0 Å². The van der Waals surface area contributed by atoms with Crippen molar-refractivity contribution in [3.63, 3.8) is 0 Å². The van der Waals surface area contributed by atoms with Crippen molar-refractivity contribution in [3.8, 4) is 0 Å². The normalized spacial score (nSPS) is 17.4. The SMILES string of the molecule is C=C(Nc1ccc2c(c1)CC(N)CC2)c1ccccc1. The molecule has 20 heavy (non-hydrogen) atoms. The molecule has 1 atom stereocenters. The van der Waals surface area contributed by atoms with E-state index in [1.807, 2.05) is 18.2 Å². The van der Waals surface area contributed by atoms with E-state index in [0.717, 1.165) is 36.2 Å². The fourth-order valence-electron chi connectivity index (χ4n) is 2.75. The zero-order valence-electron chi connectivity index (χ0n) is 11.6. The lowest BCUT2D eigenvalue weighted by molar-refractivity contribution is 0.577. The quantitative estimate of drug-likeness (QED) is 0.889. The van der Waals surface area contributed by atoms with E-state index >= 15 is 0 Å². The molecule has 3 N–H and O–H groups in total. The summed E-state index contributed by atoms with van der Waals surface area (Å²) < 4.78 is 0. The molecule has 2 aromatic carbocycles. The number of nitrogens with one attached hydrogen (secondary N) is 1. The first-order valence-corrected chi connectivity index (χ1v) is 7.11. The molecular formula is C18H20N2. The monoisotopic (exact) mass is 264 g/mol. The molecule has 3 rings (SSSR count). The molecule has 102 valence electrons. The van der Waals surface area contributed by atoms with Crippen molar-refractivity contribution < 1.29 is 0 Å². The van der Waals surface area contributed by atoms with Gasteiger partial charge >= 0.3 is 0 Å². The molecule has 0 heterocycles. The van der Waals surface area contributed by atoms with E-state index < -0.39 is 0 Å². The van der Waals surface area contributed by atoms with Crippen LogP contribution in [0.25, 0.3) is 5.70 Å². The molecule has 0 spiro atoms. The van der Waals surface area contributed by atoms with Gasteiger partial charge in [0.2, 0.25) is 0 Å². The molecular weight excluding hydrogens is 244 g/mol. The third kappa shape index (κ3) is 2.75. The van der Waals surface area contributed by atoms with E-state index in [4.69, 9.17) is 5.73 Å². The smallest absolute Gasteiger partial charge is 0.0387 e. The lowest BCUT2D eigenvalue weighted by Crippen LogP contribution is -2.27. The van der Waals surface area contributed by atoms with Crippen molar-refractivity contribution in [1.82, 2.24) is 0 Å². The maximum atomic E-state index is 6.05. The zero-order valence-corrected chi connectivity index (χ0v) is 11.6. The topological polar surface area (TPSA) is 38.0 Å². The maximum Gasteiger partial charge on any atom is 0.0387 e. The summed E-state index contributed by atoms with van der Waals surface area (Å²) >= 11 is 0. The average molecular weight is 264 g/mol. The van der Waals surface area contributed by atoms with Gasteiger partial charge in [0, 0.05) is 17.4 Å². The van der Waals surface area contributed by atoms with Crippen LogP contribution in [-0.2, 0) is 12.8 Å². The summed E-state index contributed by atoms with van der Waals surface area (Å²) in [5.41, 5.74) is 12.0. The highest BCUT2D eigenvalue weighted by Gasteiger charge is 2.15. The number of nitrogens with two attached hydrogens (primary N) is 1. The second kappa shape index (κ2) is 5.51. The Bertz CT molecular complexity index is 617. The van der Waals surface area contributed by atoms with Gasteiger partial charge in [0.05, 0.1) is 0 Å². The van der Waals surface area contributed by atoms with Crippen molar-refractivity contribution >= 4 is 11.4 Å². The number of rotatable bonds is 3. The Kier molecular flexibility index (Phi) is 3.57. The van der Waals surface area contributed by atoms with Gasteiger partial charge in [0.15, 0.2) is 0 Å². The number of hydrogen-bond donors (Lipinski definition) is 2. The predicted molar refractivity (Wildman–Crippen MR) is 85.5 cm³/mol. The summed E-state index contributed by atoms with van der Waals surface area (Å²) in [5, 5.41) is 3.39. The Morgan fingerprint density at radius 1 is 1.10 bits per heavy atom. The van der Waals surface area contributed by atoms with E-state index in [0.29, 0.717) is 6.04 Å². The third-order valence-corrected chi connectivity index (χ3v) is 3.89. The Balaban J connectivity index is 1.78. The lowest BCUT2D eigenvalue weighted by atomic mass is 9.88. The van der Waals surface area contributed by atoms with Gasteiger partial charge in [-0.25, -0.2) is 0 Å². The number of anilines is 1. The van der Waals surface area contributed by atoms with Crippen LogP contribution in [0.5, 0.6) is 0 Å². The van der Waals surface area contributed by atoms with Crippen LogP contribution in [0.15, 0.2) is 55.1 Å². The summed E-state index contributed by atoms with van der Waals surface area (Å²) in [5.74, 6) is 0. The first-order valence-electron chi connectivity index (χ1n) is 7.11. The van der Waals surface area contributed by atoms with Crippen molar-refractivity contribution in [2.45, 2.75) is 25.3 Å². The lowest BCUT2D eigenvalue weighted by Gasteiger charge is -2.22. The predicted octanol–water partition coefficient (Wildman–Crippen LogP) is 3.59. The number of aryl methyl sites for hydroxylation is 1. The van der Waals surface area contributed by atoms with Crippen molar-refractivity contribution in [2.24, 2.45) is 5.73 Å². The molecule has 0 amide bonds. The van der Waals surface area contributed by atoms with Crippen LogP contribution in [0.2, 0.25) is 0 Å². The largest absolute Gasteiger partial charge is 0.356 e. The van der Waals surface area contributed by atoms with Gasteiger partial charge < -0.3 is 11.1 Å². The highest BCUT2D eigenvalue weighted by molar-refractivity contribution is 5.75. The zero-order chi connectivity index (χ0) is 13.9. The fourth-order valence-corrected chi connectivity index (χ4v) is 2.75. The van der Waals surface area contributed by atoms with Crippen LogP contribution >= 0.6 is 0 Å². The van der Waals surface area contributed by atoms with Crippen LogP contribution in [-0.4, -0.2) is 6.04 Å².